The zero-order valence-electron chi connectivity index (χ0n) is 24.3. The number of benzene rings is 3. The van der Waals surface area contributed by atoms with Crippen molar-refractivity contribution in [1.82, 2.24) is 9.97 Å². The normalized spacial score (nSPS) is 14.6. The van der Waals surface area contributed by atoms with E-state index in [1.807, 2.05) is 24.3 Å². The van der Waals surface area contributed by atoms with Crippen molar-refractivity contribution in [2.45, 2.75) is 71.6 Å². The summed E-state index contributed by atoms with van der Waals surface area (Å²) in [6, 6.07) is 23.7. The molecule has 0 amide bonds. The maximum atomic E-state index is 5.15. The maximum Gasteiger partial charge on any atom is 0.177 e. The molecule has 3 aromatic carbocycles. The van der Waals surface area contributed by atoms with Crippen LogP contribution >= 0.6 is 0 Å². The Kier molecular flexibility index (Phi) is 7.13. The Morgan fingerprint density at radius 2 is 1.32 bits per heavy atom. The van der Waals surface area contributed by atoms with Gasteiger partial charge in [-0.2, -0.15) is 0 Å². The van der Waals surface area contributed by atoms with Crippen LogP contribution in [0.3, 0.4) is 0 Å². The summed E-state index contributed by atoms with van der Waals surface area (Å²) in [4.78, 5) is 12.5. The molecule has 0 unspecified atom stereocenters. The molecule has 0 saturated carbocycles. The van der Waals surface area contributed by atoms with Crippen molar-refractivity contribution in [3.8, 4) is 0 Å². The Hall–Kier alpha value is -3.66. The molecule has 1 aromatic heterocycles. The van der Waals surface area contributed by atoms with E-state index in [0.29, 0.717) is 0 Å². The van der Waals surface area contributed by atoms with E-state index in [1.54, 1.807) is 0 Å². The van der Waals surface area contributed by atoms with Crippen LogP contribution in [-0.2, 0) is 16.2 Å². The second-order valence-corrected chi connectivity index (χ2v) is 12.8. The summed E-state index contributed by atoms with van der Waals surface area (Å²) in [6.07, 6.45) is 0. The third-order valence-electron chi connectivity index (χ3n) is 7.26. The van der Waals surface area contributed by atoms with E-state index in [2.05, 4.69) is 121 Å². The minimum absolute atomic E-state index is 0.00442. The fraction of sp³-hybridized carbons (Fsp3) is 0.353. The number of nitrogens with one attached hydrogen (secondary N) is 1. The highest BCUT2D eigenvalue weighted by Crippen LogP contribution is 2.47. The van der Waals surface area contributed by atoms with Gasteiger partial charge in [0.25, 0.3) is 0 Å². The Morgan fingerprint density at radius 1 is 0.763 bits per heavy atom. The second kappa shape index (κ2) is 9.90. The van der Waals surface area contributed by atoms with Gasteiger partial charge in [0, 0.05) is 23.3 Å². The summed E-state index contributed by atoms with van der Waals surface area (Å²) in [7, 11) is 0. The van der Waals surface area contributed by atoms with Gasteiger partial charge >= 0.3 is 0 Å². The molecular weight excluding hydrogens is 464 g/mol. The Labute approximate surface area is 228 Å². The number of aromatic nitrogens is 2. The standard InChI is InChI=1S/C32H38N4.C2H4/c1-30(2,3)21-13-16-23(17-14-21)33-28-29(35-26-12-10-9-11-25(26)34-28)36-20-32(7,8)24-19-22(31(4,5)6)15-18-27(24)36;1-2/h9-19H,20H2,1-8H3,(H,33,34);1-2H2. The van der Waals surface area contributed by atoms with Gasteiger partial charge in [-0.3, -0.25) is 0 Å². The fourth-order valence-corrected chi connectivity index (χ4v) is 4.99. The molecule has 0 bridgehead atoms. The molecule has 1 aliphatic rings. The molecule has 0 radical (unpaired) electrons. The fourth-order valence-electron chi connectivity index (χ4n) is 4.99. The van der Waals surface area contributed by atoms with Gasteiger partial charge in [0.15, 0.2) is 11.6 Å². The first-order valence-corrected chi connectivity index (χ1v) is 13.4. The smallest absolute Gasteiger partial charge is 0.177 e. The third-order valence-corrected chi connectivity index (χ3v) is 7.26. The van der Waals surface area contributed by atoms with Gasteiger partial charge in [-0.25, -0.2) is 9.97 Å². The molecule has 4 heteroatoms. The largest absolute Gasteiger partial charge is 0.337 e. The van der Waals surface area contributed by atoms with Crippen LogP contribution < -0.4 is 10.2 Å². The Morgan fingerprint density at radius 3 is 1.89 bits per heavy atom. The van der Waals surface area contributed by atoms with Crippen LogP contribution in [0.2, 0.25) is 0 Å². The first-order valence-electron chi connectivity index (χ1n) is 13.4. The predicted octanol–water partition coefficient (Wildman–Crippen LogP) is 9.20. The number of anilines is 4. The number of rotatable bonds is 3. The van der Waals surface area contributed by atoms with Crippen LogP contribution in [0.1, 0.15) is 72.1 Å². The molecule has 1 aliphatic heterocycles. The van der Waals surface area contributed by atoms with Crippen molar-refractivity contribution in [3.05, 3.63) is 96.6 Å². The molecule has 0 saturated heterocycles. The number of hydrogen-bond acceptors (Lipinski definition) is 4. The molecule has 198 valence electrons. The van der Waals surface area contributed by atoms with Gasteiger partial charge in [0.1, 0.15) is 0 Å². The van der Waals surface area contributed by atoms with Crippen molar-refractivity contribution in [3.63, 3.8) is 0 Å². The van der Waals surface area contributed by atoms with Crippen LogP contribution in [0, 0.1) is 0 Å². The monoisotopic (exact) mass is 506 g/mol. The van der Waals surface area contributed by atoms with E-state index in [0.717, 1.165) is 34.9 Å². The van der Waals surface area contributed by atoms with E-state index in [1.165, 1.54) is 22.4 Å². The molecule has 0 atom stereocenters. The highest BCUT2D eigenvalue weighted by Gasteiger charge is 2.38. The van der Waals surface area contributed by atoms with Crippen molar-refractivity contribution in [2.24, 2.45) is 0 Å². The minimum atomic E-state index is -0.00442. The molecule has 0 aliphatic carbocycles. The molecule has 2 heterocycles. The average molecular weight is 507 g/mol. The van der Waals surface area contributed by atoms with Crippen molar-refractivity contribution >= 4 is 34.0 Å². The van der Waals surface area contributed by atoms with E-state index >= 15 is 0 Å². The summed E-state index contributed by atoms with van der Waals surface area (Å²) < 4.78 is 0. The number of hydrogen-bond donors (Lipinski definition) is 1. The SMILES string of the molecule is C=C.CC(C)(C)c1ccc(Nc2nc3ccccc3nc2N2CC(C)(C)c3cc(C(C)(C)C)ccc32)cc1. The summed E-state index contributed by atoms with van der Waals surface area (Å²) in [5, 5.41) is 3.60. The third kappa shape index (κ3) is 5.31. The van der Waals surface area contributed by atoms with Gasteiger partial charge < -0.3 is 10.2 Å². The van der Waals surface area contributed by atoms with Crippen LogP contribution in [0.4, 0.5) is 23.0 Å². The highest BCUT2D eigenvalue weighted by atomic mass is 15.3. The summed E-state index contributed by atoms with van der Waals surface area (Å²) >= 11 is 0. The first kappa shape index (κ1) is 27.4. The first-order chi connectivity index (χ1) is 17.8. The van der Waals surface area contributed by atoms with Crippen LogP contribution in [-0.4, -0.2) is 16.5 Å². The van der Waals surface area contributed by atoms with Crippen molar-refractivity contribution in [2.75, 3.05) is 16.8 Å². The Bertz CT molecular complexity index is 1440. The lowest BCUT2D eigenvalue weighted by atomic mass is 9.81. The Balaban J connectivity index is 0.00000164. The maximum absolute atomic E-state index is 5.15. The number of nitrogens with zero attached hydrogens (tertiary/aromatic N) is 3. The van der Waals surface area contributed by atoms with Crippen LogP contribution in [0.25, 0.3) is 11.0 Å². The topological polar surface area (TPSA) is 41.1 Å². The van der Waals surface area contributed by atoms with Gasteiger partial charge in [-0.15, -0.1) is 13.2 Å². The minimum Gasteiger partial charge on any atom is -0.337 e. The summed E-state index contributed by atoms with van der Waals surface area (Å²) in [5.74, 6) is 1.64. The van der Waals surface area contributed by atoms with E-state index in [-0.39, 0.29) is 16.2 Å². The zero-order valence-corrected chi connectivity index (χ0v) is 24.3. The molecular formula is C34H42N4. The average Bonchev–Trinajstić information content (AvgIpc) is 3.14. The number of para-hydroxylation sites is 2. The van der Waals surface area contributed by atoms with Crippen molar-refractivity contribution < 1.29 is 0 Å². The number of fused-ring (bicyclic) bond motifs is 2. The molecule has 4 aromatic rings. The lowest BCUT2D eigenvalue weighted by Crippen LogP contribution is -2.26. The van der Waals surface area contributed by atoms with Gasteiger partial charge in [0.2, 0.25) is 0 Å². The quantitative estimate of drug-likeness (QED) is 0.281. The summed E-state index contributed by atoms with van der Waals surface area (Å²) in [6.45, 7) is 25.0. The molecule has 5 rings (SSSR count). The molecule has 0 fully saturated rings. The lowest BCUT2D eigenvalue weighted by Gasteiger charge is -2.24. The van der Waals surface area contributed by atoms with Crippen molar-refractivity contribution in [1.29, 1.82) is 0 Å². The zero-order chi connectivity index (χ0) is 27.9. The van der Waals surface area contributed by atoms with Crippen LogP contribution in [0.5, 0.6) is 0 Å². The van der Waals surface area contributed by atoms with Gasteiger partial charge in [-0.05, 0) is 57.9 Å². The predicted molar refractivity (Wildman–Crippen MR) is 164 cm³/mol. The molecule has 1 N–H and O–H groups in total. The second-order valence-electron chi connectivity index (χ2n) is 12.8. The summed E-state index contributed by atoms with van der Waals surface area (Å²) in [5.41, 5.74) is 8.26. The van der Waals surface area contributed by atoms with E-state index < -0.39 is 0 Å². The van der Waals surface area contributed by atoms with E-state index in [9.17, 15) is 0 Å². The lowest BCUT2D eigenvalue weighted by molar-refractivity contribution is 0.559. The van der Waals surface area contributed by atoms with Gasteiger partial charge in [0.05, 0.1) is 11.0 Å². The molecule has 4 nitrogen and oxygen atoms in total. The molecule has 0 spiro atoms. The van der Waals surface area contributed by atoms with Gasteiger partial charge in [-0.1, -0.05) is 91.8 Å². The highest BCUT2D eigenvalue weighted by molar-refractivity contribution is 5.86. The van der Waals surface area contributed by atoms with E-state index in [4.69, 9.17) is 9.97 Å². The molecule has 38 heavy (non-hydrogen) atoms. The van der Waals surface area contributed by atoms with Crippen LogP contribution in [0.15, 0.2) is 79.9 Å².